The van der Waals surface area contributed by atoms with E-state index < -0.39 is 16.0 Å². The standard InChI is InChI=1S/C10H13FO4S/c1-7-4-9(14-2)8(6-16(11,12)13)10(5-7)15-3/h4-5H,6H2,1-3H3. The molecule has 0 heterocycles. The summed E-state index contributed by atoms with van der Waals surface area (Å²) in [6.45, 7) is 1.80. The summed E-state index contributed by atoms with van der Waals surface area (Å²) in [6.07, 6.45) is 0. The van der Waals surface area contributed by atoms with Crippen LogP contribution in [0.15, 0.2) is 12.1 Å². The van der Waals surface area contributed by atoms with Crippen LogP contribution in [0.1, 0.15) is 11.1 Å². The largest absolute Gasteiger partial charge is 0.496 e. The van der Waals surface area contributed by atoms with E-state index in [4.69, 9.17) is 9.47 Å². The summed E-state index contributed by atoms with van der Waals surface area (Å²) < 4.78 is 44.0. The van der Waals surface area contributed by atoms with Crippen LogP contribution in [0.4, 0.5) is 3.89 Å². The third-order valence-electron chi connectivity index (χ3n) is 2.07. The summed E-state index contributed by atoms with van der Waals surface area (Å²) >= 11 is 0. The summed E-state index contributed by atoms with van der Waals surface area (Å²) in [5.41, 5.74) is 1.03. The van der Waals surface area contributed by atoms with Crippen LogP contribution in [0.3, 0.4) is 0 Å². The molecule has 0 aliphatic heterocycles. The molecule has 1 rings (SSSR count). The Labute approximate surface area is 94.2 Å². The minimum atomic E-state index is -4.62. The van der Waals surface area contributed by atoms with E-state index in [-0.39, 0.29) is 5.56 Å². The zero-order valence-corrected chi connectivity index (χ0v) is 10.1. The van der Waals surface area contributed by atoms with Crippen molar-refractivity contribution >= 4 is 10.2 Å². The molecule has 0 aromatic heterocycles. The summed E-state index contributed by atoms with van der Waals surface area (Å²) in [4.78, 5) is 0. The number of hydrogen-bond acceptors (Lipinski definition) is 4. The molecule has 0 radical (unpaired) electrons. The van der Waals surface area contributed by atoms with Gasteiger partial charge >= 0.3 is 10.2 Å². The summed E-state index contributed by atoms with van der Waals surface area (Å²) in [5.74, 6) is -0.143. The van der Waals surface area contributed by atoms with Crippen LogP contribution in [-0.4, -0.2) is 22.6 Å². The van der Waals surface area contributed by atoms with Gasteiger partial charge in [0.1, 0.15) is 17.3 Å². The second-order valence-electron chi connectivity index (χ2n) is 3.33. The van der Waals surface area contributed by atoms with Crippen molar-refractivity contribution in [3.8, 4) is 11.5 Å². The first-order valence-corrected chi connectivity index (χ1v) is 6.06. The molecular formula is C10H13FO4S. The van der Waals surface area contributed by atoms with Crippen molar-refractivity contribution in [2.75, 3.05) is 14.2 Å². The second-order valence-corrected chi connectivity index (χ2v) is 4.70. The van der Waals surface area contributed by atoms with E-state index in [2.05, 4.69) is 0 Å². The van der Waals surface area contributed by atoms with Crippen molar-refractivity contribution in [1.29, 1.82) is 0 Å². The van der Waals surface area contributed by atoms with Gasteiger partial charge in [-0.15, -0.1) is 3.89 Å². The Bertz CT molecular complexity index is 457. The first kappa shape index (κ1) is 12.8. The Morgan fingerprint density at radius 3 is 1.94 bits per heavy atom. The van der Waals surface area contributed by atoms with Gasteiger partial charge in [0.05, 0.1) is 19.8 Å². The highest BCUT2D eigenvalue weighted by molar-refractivity contribution is 7.85. The zero-order valence-electron chi connectivity index (χ0n) is 9.28. The van der Waals surface area contributed by atoms with E-state index in [0.29, 0.717) is 11.5 Å². The minimum absolute atomic E-state index is 0.193. The summed E-state index contributed by atoms with van der Waals surface area (Å²) in [6, 6.07) is 3.26. The highest BCUT2D eigenvalue weighted by Gasteiger charge is 2.18. The van der Waals surface area contributed by atoms with Crippen molar-refractivity contribution in [1.82, 2.24) is 0 Å². The number of ether oxygens (including phenoxy) is 2. The Kier molecular flexibility index (Phi) is 3.74. The lowest BCUT2D eigenvalue weighted by Crippen LogP contribution is -2.03. The van der Waals surface area contributed by atoms with Crippen molar-refractivity contribution < 1.29 is 21.8 Å². The minimum Gasteiger partial charge on any atom is -0.496 e. The van der Waals surface area contributed by atoms with Gasteiger partial charge in [0.25, 0.3) is 0 Å². The molecule has 0 aliphatic rings. The van der Waals surface area contributed by atoms with Gasteiger partial charge in [0.15, 0.2) is 0 Å². The monoisotopic (exact) mass is 248 g/mol. The molecule has 0 aliphatic carbocycles. The second kappa shape index (κ2) is 4.69. The molecule has 1 aromatic carbocycles. The highest BCUT2D eigenvalue weighted by atomic mass is 32.3. The molecule has 0 amide bonds. The molecule has 90 valence electrons. The van der Waals surface area contributed by atoms with Crippen LogP contribution in [0.2, 0.25) is 0 Å². The molecule has 0 saturated carbocycles. The van der Waals surface area contributed by atoms with Gasteiger partial charge in [-0.1, -0.05) is 0 Å². The van der Waals surface area contributed by atoms with Crippen LogP contribution >= 0.6 is 0 Å². The van der Waals surface area contributed by atoms with Crippen LogP contribution < -0.4 is 9.47 Å². The smallest absolute Gasteiger partial charge is 0.306 e. The molecule has 0 N–H and O–H groups in total. The van der Waals surface area contributed by atoms with Gasteiger partial charge in [0.2, 0.25) is 0 Å². The highest BCUT2D eigenvalue weighted by Crippen LogP contribution is 2.32. The third kappa shape index (κ3) is 3.10. The number of methoxy groups -OCH3 is 2. The molecule has 4 nitrogen and oxygen atoms in total. The maximum Gasteiger partial charge on any atom is 0.306 e. The van der Waals surface area contributed by atoms with Crippen molar-refractivity contribution in [3.63, 3.8) is 0 Å². The maximum absolute atomic E-state index is 12.7. The van der Waals surface area contributed by atoms with Crippen LogP contribution in [0.25, 0.3) is 0 Å². The van der Waals surface area contributed by atoms with E-state index in [1.54, 1.807) is 19.1 Å². The van der Waals surface area contributed by atoms with Crippen molar-refractivity contribution in [3.05, 3.63) is 23.3 Å². The van der Waals surface area contributed by atoms with Crippen LogP contribution in [-0.2, 0) is 16.0 Å². The fourth-order valence-corrected chi connectivity index (χ4v) is 2.06. The molecule has 0 fully saturated rings. The number of rotatable bonds is 4. The zero-order chi connectivity index (χ0) is 12.3. The molecule has 0 spiro atoms. The molecule has 0 bridgehead atoms. The average molecular weight is 248 g/mol. The van der Waals surface area contributed by atoms with Gasteiger partial charge in [0, 0.05) is 0 Å². The Morgan fingerprint density at radius 1 is 1.19 bits per heavy atom. The van der Waals surface area contributed by atoms with E-state index in [9.17, 15) is 12.3 Å². The van der Waals surface area contributed by atoms with E-state index in [0.717, 1.165) is 5.56 Å². The van der Waals surface area contributed by atoms with Crippen molar-refractivity contribution in [2.24, 2.45) is 0 Å². The topological polar surface area (TPSA) is 52.6 Å². The molecule has 1 aromatic rings. The van der Waals surface area contributed by atoms with Crippen molar-refractivity contribution in [2.45, 2.75) is 12.7 Å². The first-order valence-electron chi connectivity index (χ1n) is 4.51. The van der Waals surface area contributed by atoms with E-state index >= 15 is 0 Å². The number of aryl methyl sites for hydroxylation is 1. The predicted molar refractivity (Wildman–Crippen MR) is 58.0 cm³/mol. The van der Waals surface area contributed by atoms with E-state index in [1.807, 2.05) is 0 Å². The molecule has 0 atom stereocenters. The molecule has 0 saturated heterocycles. The number of halogens is 1. The van der Waals surface area contributed by atoms with Gasteiger partial charge in [-0.05, 0) is 24.6 Å². The molecule has 16 heavy (non-hydrogen) atoms. The molecular weight excluding hydrogens is 235 g/mol. The van der Waals surface area contributed by atoms with Crippen LogP contribution in [0.5, 0.6) is 11.5 Å². The van der Waals surface area contributed by atoms with Gasteiger partial charge in [-0.3, -0.25) is 0 Å². The Hall–Kier alpha value is -1.30. The fourth-order valence-electron chi connectivity index (χ4n) is 1.43. The number of benzene rings is 1. The Balaban J connectivity index is 3.33. The summed E-state index contributed by atoms with van der Waals surface area (Å²) in [5, 5.41) is 0. The van der Waals surface area contributed by atoms with E-state index in [1.165, 1.54) is 14.2 Å². The van der Waals surface area contributed by atoms with Gasteiger partial charge in [-0.2, -0.15) is 8.42 Å². The lowest BCUT2D eigenvalue weighted by atomic mass is 10.1. The fraction of sp³-hybridized carbons (Fsp3) is 0.400. The molecule has 6 heteroatoms. The lowest BCUT2D eigenvalue weighted by Gasteiger charge is -2.12. The first-order chi connectivity index (χ1) is 7.37. The molecule has 0 unspecified atom stereocenters. The van der Waals surface area contributed by atoms with Gasteiger partial charge in [-0.25, -0.2) is 0 Å². The lowest BCUT2D eigenvalue weighted by molar-refractivity contribution is 0.386. The number of hydrogen-bond donors (Lipinski definition) is 0. The Morgan fingerprint density at radius 2 is 1.62 bits per heavy atom. The average Bonchev–Trinajstić information content (AvgIpc) is 2.18. The predicted octanol–water partition coefficient (Wildman–Crippen LogP) is 1.81. The van der Waals surface area contributed by atoms with Crippen LogP contribution in [0, 0.1) is 6.92 Å². The SMILES string of the molecule is COc1cc(C)cc(OC)c1CS(=O)(=O)F. The summed E-state index contributed by atoms with van der Waals surface area (Å²) in [7, 11) is -1.83. The van der Waals surface area contributed by atoms with Gasteiger partial charge < -0.3 is 9.47 Å². The quantitative estimate of drug-likeness (QED) is 0.762. The third-order valence-corrected chi connectivity index (χ3v) is 2.70. The normalized spacial score (nSPS) is 11.2. The maximum atomic E-state index is 12.7.